The summed E-state index contributed by atoms with van der Waals surface area (Å²) in [7, 11) is 2.95. The van der Waals surface area contributed by atoms with E-state index in [1.165, 1.54) is 38.9 Å². The molecule has 0 unspecified atom stereocenters. The van der Waals surface area contributed by atoms with Crippen LogP contribution in [0.2, 0.25) is 0 Å². The molecule has 1 N–H and O–H groups in total. The Morgan fingerprint density at radius 1 is 1.00 bits per heavy atom. The summed E-state index contributed by atoms with van der Waals surface area (Å²) >= 11 is 0. The van der Waals surface area contributed by atoms with Crippen molar-refractivity contribution in [2.45, 2.75) is 19.9 Å². The maximum Gasteiger partial charge on any atom is 0.244 e. The number of rotatable bonds is 8. The predicted octanol–water partition coefficient (Wildman–Crippen LogP) is 3.85. The molecule has 4 rings (SSSR count). The van der Waals surface area contributed by atoms with E-state index in [4.69, 9.17) is 9.47 Å². The van der Waals surface area contributed by atoms with E-state index in [0.29, 0.717) is 22.6 Å². The topological polar surface area (TPSA) is 99.5 Å². The number of hydrogen-bond acceptors (Lipinski definition) is 6. The van der Waals surface area contributed by atoms with Gasteiger partial charge in [0.05, 0.1) is 30.7 Å². The van der Waals surface area contributed by atoms with Gasteiger partial charge in [-0.1, -0.05) is 25.1 Å². The number of benzene rings is 2. The second-order valence-electron chi connectivity index (χ2n) is 7.85. The van der Waals surface area contributed by atoms with Crippen LogP contribution in [0.4, 0.5) is 5.69 Å². The van der Waals surface area contributed by atoms with Gasteiger partial charge in [-0.15, -0.1) is 0 Å². The van der Waals surface area contributed by atoms with Crippen LogP contribution in [0.3, 0.4) is 0 Å². The second kappa shape index (κ2) is 10.2. The summed E-state index contributed by atoms with van der Waals surface area (Å²) in [6.45, 7) is 1.89. The quantitative estimate of drug-likeness (QED) is 0.392. The number of fused-ring (bicyclic) bond motifs is 1. The standard InChI is InChI=1S/C27H25N3O5/c1-4-17-7-5-6-8-21(17)29-25(31)16-30-15-20(26(32)18-9-11-28-12-10-18)27(33)19-13-23(34-2)24(35-3)14-22(19)30/h5-15H,4,16H2,1-3H3,(H,29,31). The van der Waals surface area contributed by atoms with E-state index < -0.39 is 11.2 Å². The van der Waals surface area contributed by atoms with Crippen molar-refractivity contribution in [3.8, 4) is 11.5 Å². The molecule has 1 amide bonds. The lowest BCUT2D eigenvalue weighted by atomic mass is 10.0. The van der Waals surface area contributed by atoms with Crippen LogP contribution < -0.4 is 20.2 Å². The molecule has 8 heteroatoms. The fourth-order valence-electron chi connectivity index (χ4n) is 3.96. The molecule has 4 aromatic rings. The first kappa shape index (κ1) is 23.7. The van der Waals surface area contributed by atoms with Crippen molar-refractivity contribution in [3.63, 3.8) is 0 Å². The van der Waals surface area contributed by atoms with Crippen LogP contribution in [-0.4, -0.2) is 35.5 Å². The van der Waals surface area contributed by atoms with E-state index in [1.807, 2.05) is 31.2 Å². The Morgan fingerprint density at radius 3 is 2.37 bits per heavy atom. The largest absolute Gasteiger partial charge is 0.493 e. The van der Waals surface area contributed by atoms with E-state index in [2.05, 4.69) is 10.3 Å². The van der Waals surface area contributed by atoms with Gasteiger partial charge in [0.2, 0.25) is 11.3 Å². The second-order valence-corrected chi connectivity index (χ2v) is 7.85. The zero-order chi connectivity index (χ0) is 24.9. The highest BCUT2D eigenvalue weighted by Gasteiger charge is 2.20. The van der Waals surface area contributed by atoms with Gasteiger partial charge in [0, 0.05) is 35.9 Å². The summed E-state index contributed by atoms with van der Waals surface area (Å²) in [4.78, 5) is 43.6. The summed E-state index contributed by atoms with van der Waals surface area (Å²) in [5.41, 5.74) is 1.97. The van der Waals surface area contributed by atoms with Gasteiger partial charge in [-0.3, -0.25) is 19.4 Å². The van der Waals surface area contributed by atoms with Gasteiger partial charge in [0.25, 0.3) is 0 Å². The highest BCUT2D eigenvalue weighted by atomic mass is 16.5. The first-order valence-corrected chi connectivity index (χ1v) is 11.1. The molecular weight excluding hydrogens is 446 g/mol. The molecule has 0 fully saturated rings. The van der Waals surface area contributed by atoms with Crippen LogP contribution in [0.25, 0.3) is 10.9 Å². The van der Waals surface area contributed by atoms with E-state index in [0.717, 1.165) is 17.7 Å². The summed E-state index contributed by atoms with van der Waals surface area (Å²) in [6, 6.07) is 13.8. The van der Waals surface area contributed by atoms with E-state index in [1.54, 1.807) is 22.8 Å². The Balaban J connectivity index is 1.84. The molecule has 0 radical (unpaired) electrons. The van der Waals surface area contributed by atoms with Gasteiger partial charge in [-0.25, -0.2) is 0 Å². The minimum absolute atomic E-state index is 0.0577. The lowest BCUT2D eigenvalue weighted by Gasteiger charge is -2.16. The molecule has 0 saturated heterocycles. The van der Waals surface area contributed by atoms with Crippen LogP contribution in [0.1, 0.15) is 28.4 Å². The van der Waals surface area contributed by atoms with Gasteiger partial charge in [-0.2, -0.15) is 0 Å². The summed E-state index contributed by atoms with van der Waals surface area (Å²) in [6.07, 6.45) is 5.16. The van der Waals surface area contributed by atoms with Crippen LogP contribution in [-0.2, 0) is 17.8 Å². The number of methoxy groups -OCH3 is 2. The number of ether oxygens (including phenoxy) is 2. The lowest BCUT2D eigenvalue weighted by molar-refractivity contribution is -0.116. The van der Waals surface area contributed by atoms with Crippen LogP contribution in [0, 0.1) is 0 Å². The molecule has 2 heterocycles. The first-order chi connectivity index (χ1) is 17.0. The molecule has 35 heavy (non-hydrogen) atoms. The number of pyridine rings is 2. The Morgan fingerprint density at radius 2 is 1.69 bits per heavy atom. The monoisotopic (exact) mass is 471 g/mol. The lowest BCUT2D eigenvalue weighted by Crippen LogP contribution is -2.24. The molecule has 178 valence electrons. The summed E-state index contributed by atoms with van der Waals surface area (Å²) < 4.78 is 12.3. The molecule has 0 aliphatic heterocycles. The average molecular weight is 472 g/mol. The number of aryl methyl sites for hydroxylation is 1. The molecule has 0 spiro atoms. The smallest absolute Gasteiger partial charge is 0.244 e. The van der Waals surface area contributed by atoms with Gasteiger partial charge < -0.3 is 19.4 Å². The van der Waals surface area contributed by atoms with Crippen LogP contribution in [0.5, 0.6) is 11.5 Å². The third-order valence-electron chi connectivity index (χ3n) is 5.76. The van der Waals surface area contributed by atoms with Crippen molar-refractivity contribution in [3.05, 3.63) is 94.0 Å². The molecule has 0 atom stereocenters. The number of aromatic nitrogens is 2. The molecule has 2 aromatic heterocycles. The average Bonchev–Trinajstić information content (AvgIpc) is 2.89. The minimum Gasteiger partial charge on any atom is -0.493 e. The van der Waals surface area contributed by atoms with E-state index >= 15 is 0 Å². The SMILES string of the molecule is CCc1ccccc1NC(=O)Cn1cc(C(=O)c2ccncc2)c(=O)c2cc(OC)c(OC)cc21. The Labute approximate surface area is 202 Å². The van der Waals surface area contributed by atoms with Gasteiger partial charge in [-0.05, 0) is 36.2 Å². The van der Waals surface area contributed by atoms with Crippen molar-refractivity contribution in [1.82, 2.24) is 9.55 Å². The number of nitrogens with one attached hydrogen (secondary N) is 1. The Bertz CT molecular complexity index is 1460. The number of amides is 1. The van der Waals surface area contributed by atoms with E-state index in [-0.39, 0.29) is 23.4 Å². The molecule has 8 nitrogen and oxygen atoms in total. The number of anilines is 1. The zero-order valence-corrected chi connectivity index (χ0v) is 19.7. The van der Waals surface area contributed by atoms with Crippen LogP contribution >= 0.6 is 0 Å². The molecule has 0 aliphatic carbocycles. The normalized spacial score (nSPS) is 10.7. The third kappa shape index (κ3) is 4.77. The molecular formula is C27H25N3O5. The Hall–Kier alpha value is -4.46. The van der Waals surface area contributed by atoms with Crippen molar-refractivity contribution < 1.29 is 19.1 Å². The maximum atomic E-state index is 13.4. The number of ketones is 1. The zero-order valence-electron chi connectivity index (χ0n) is 19.7. The van der Waals surface area contributed by atoms with Crippen molar-refractivity contribution >= 4 is 28.3 Å². The van der Waals surface area contributed by atoms with Crippen molar-refractivity contribution in [2.24, 2.45) is 0 Å². The van der Waals surface area contributed by atoms with Gasteiger partial charge in [0.15, 0.2) is 17.3 Å². The van der Waals surface area contributed by atoms with Gasteiger partial charge in [0.1, 0.15) is 6.54 Å². The van der Waals surface area contributed by atoms with Gasteiger partial charge >= 0.3 is 0 Å². The molecule has 2 aromatic carbocycles. The highest BCUT2D eigenvalue weighted by molar-refractivity contribution is 6.10. The van der Waals surface area contributed by atoms with Crippen molar-refractivity contribution in [2.75, 3.05) is 19.5 Å². The fraction of sp³-hybridized carbons (Fsp3) is 0.185. The van der Waals surface area contributed by atoms with Crippen molar-refractivity contribution in [1.29, 1.82) is 0 Å². The summed E-state index contributed by atoms with van der Waals surface area (Å²) in [5, 5.41) is 3.17. The third-order valence-corrected chi connectivity index (χ3v) is 5.76. The fourth-order valence-corrected chi connectivity index (χ4v) is 3.96. The van der Waals surface area contributed by atoms with Crippen LogP contribution in [0.15, 0.2) is 71.9 Å². The minimum atomic E-state index is -0.462. The predicted molar refractivity (Wildman–Crippen MR) is 133 cm³/mol. The number of para-hydroxylation sites is 1. The maximum absolute atomic E-state index is 13.4. The number of nitrogens with zero attached hydrogens (tertiary/aromatic N) is 2. The molecule has 0 aliphatic rings. The summed E-state index contributed by atoms with van der Waals surface area (Å²) in [5.74, 6) is -0.0101. The number of hydrogen-bond donors (Lipinski definition) is 1. The van der Waals surface area contributed by atoms with E-state index in [9.17, 15) is 14.4 Å². The first-order valence-electron chi connectivity index (χ1n) is 11.1. The number of carbonyl (C=O) groups excluding carboxylic acids is 2. The molecule has 0 bridgehead atoms. The Kier molecular flexibility index (Phi) is 6.91. The number of carbonyl (C=O) groups is 2. The molecule has 0 saturated carbocycles. The highest BCUT2D eigenvalue weighted by Crippen LogP contribution is 2.31.